The molecular formula is C7H12N2O3. The summed E-state index contributed by atoms with van der Waals surface area (Å²) in [5, 5.41) is 9.84. The Morgan fingerprint density at radius 2 is 1.92 bits per heavy atom. The van der Waals surface area contributed by atoms with Crippen LogP contribution in [0.3, 0.4) is 0 Å². The Kier molecular flexibility index (Phi) is 3.99. The second-order valence-electron chi connectivity index (χ2n) is 2.50. The summed E-state index contributed by atoms with van der Waals surface area (Å²) in [5.41, 5.74) is 2.39. The van der Waals surface area contributed by atoms with Crippen LogP contribution in [0, 0.1) is 0 Å². The van der Waals surface area contributed by atoms with Crippen LogP contribution >= 0.6 is 0 Å². The van der Waals surface area contributed by atoms with Crippen LogP contribution in [0.2, 0.25) is 0 Å². The number of amides is 1. The molecule has 0 aromatic heterocycles. The molecule has 0 aromatic carbocycles. The molecule has 0 heterocycles. The minimum absolute atomic E-state index is 0.00866. The number of nitrogens with zero attached hydrogens (tertiary/aromatic N) is 1. The van der Waals surface area contributed by atoms with Crippen molar-refractivity contribution in [1.82, 2.24) is 10.4 Å². The topological polar surface area (TPSA) is 69.6 Å². The summed E-state index contributed by atoms with van der Waals surface area (Å²) in [7, 11) is 3.28. The third-order valence-electron chi connectivity index (χ3n) is 1.02. The second kappa shape index (κ2) is 4.50. The normalized spacial score (nSPS) is 11.5. The number of nitrogens with one attached hydrogen (secondary N) is 1. The van der Waals surface area contributed by atoms with Gasteiger partial charge in [-0.15, -0.1) is 0 Å². The Bertz CT molecular complexity index is 221. The fraction of sp³-hybridized carbons (Fsp3) is 0.429. The van der Waals surface area contributed by atoms with Gasteiger partial charge in [-0.3, -0.25) is 10.2 Å². The Morgan fingerprint density at radius 3 is 2.25 bits per heavy atom. The number of hydrazine groups is 1. The SMILES string of the molecule is CC(=CC(=O)NN(C)C)C(=O)O. The molecule has 0 saturated heterocycles. The molecule has 68 valence electrons. The fourth-order valence-electron chi connectivity index (χ4n) is 0.511. The van der Waals surface area contributed by atoms with Crippen LogP contribution in [0.1, 0.15) is 6.92 Å². The second-order valence-corrected chi connectivity index (χ2v) is 2.50. The first-order chi connectivity index (χ1) is 5.43. The Hall–Kier alpha value is -1.36. The van der Waals surface area contributed by atoms with Crippen LogP contribution in [-0.4, -0.2) is 36.1 Å². The maximum Gasteiger partial charge on any atom is 0.331 e. The average Bonchev–Trinajstić information content (AvgIpc) is 1.84. The van der Waals surface area contributed by atoms with Gasteiger partial charge in [-0.2, -0.15) is 0 Å². The van der Waals surface area contributed by atoms with Gasteiger partial charge in [-0.25, -0.2) is 9.80 Å². The predicted molar refractivity (Wildman–Crippen MR) is 43.2 cm³/mol. The van der Waals surface area contributed by atoms with E-state index in [0.29, 0.717) is 0 Å². The number of aliphatic carboxylic acids is 1. The Balaban J connectivity index is 4.15. The molecule has 0 fully saturated rings. The predicted octanol–water partition coefficient (Wildman–Crippen LogP) is -0.390. The smallest absolute Gasteiger partial charge is 0.331 e. The van der Waals surface area contributed by atoms with Gasteiger partial charge in [0.25, 0.3) is 5.91 Å². The van der Waals surface area contributed by atoms with Gasteiger partial charge in [0.15, 0.2) is 0 Å². The highest BCUT2D eigenvalue weighted by molar-refractivity contribution is 5.96. The van der Waals surface area contributed by atoms with Gasteiger partial charge in [0.1, 0.15) is 0 Å². The van der Waals surface area contributed by atoms with Crippen LogP contribution in [0.15, 0.2) is 11.6 Å². The highest BCUT2D eigenvalue weighted by Gasteiger charge is 2.03. The highest BCUT2D eigenvalue weighted by atomic mass is 16.4. The molecule has 0 unspecified atom stereocenters. The van der Waals surface area contributed by atoms with Crippen molar-refractivity contribution in [2.45, 2.75) is 6.92 Å². The first-order valence-corrected chi connectivity index (χ1v) is 3.33. The number of carboxylic acids is 1. The van der Waals surface area contributed by atoms with Crippen molar-refractivity contribution in [3.05, 3.63) is 11.6 Å². The monoisotopic (exact) mass is 172 g/mol. The standard InChI is InChI=1S/C7H12N2O3/c1-5(7(11)12)4-6(10)8-9(2)3/h4H,1-3H3,(H,8,10)(H,11,12). The minimum atomic E-state index is -1.09. The van der Waals surface area contributed by atoms with Crippen LogP contribution in [0.25, 0.3) is 0 Å². The first kappa shape index (κ1) is 10.6. The van der Waals surface area contributed by atoms with Crippen molar-refractivity contribution in [3.63, 3.8) is 0 Å². The zero-order chi connectivity index (χ0) is 9.72. The van der Waals surface area contributed by atoms with Crippen molar-refractivity contribution in [1.29, 1.82) is 0 Å². The fourth-order valence-corrected chi connectivity index (χ4v) is 0.511. The zero-order valence-corrected chi connectivity index (χ0v) is 7.29. The van der Waals surface area contributed by atoms with Gasteiger partial charge < -0.3 is 5.11 Å². The molecule has 12 heavy (non-hydrogen) atoms. The summed E-state index contributed by atoms with van der Waals surface area (Å²) in [6.07, 6.45) is 1.03. The number of rotatable bonds is 3. The molecule has 1 amide bonds. The highest BCUT2D eigenvalue weighted by Crippen LogP contribution is 1.90. The summed E-state index contributed by atoms with van der Waals surface area (Å²) in [5.74, 6) is -1.54. The maximum atomic E-state index is 10.9. The Labute approximate surface area is 70.6 Å². The van der Waals surface area contributed by atoms with Crippen molar-refractivity contribution in [3.8, 4) is 0 Å². The van der Waals surface area contributed by atoms with E-state index in [1.165, 1.54) is 11.9 Å². The molecule has 0 aliphatic carbocycles. The molecule has 0 aliphatic rings. The van der Waals surface area contributed by atoms with Crippen molar-refractivity contribution < 1.29 is 14.7 Å². The average molecular weight is 172 g/mol. The van der Waals surface area contributed by atoms with E-state index in [9.17, 15) is 9.59 Å². The van der Waals surface area contributed by atoms with Crippen LogP contribution in [0.5, 0.6) is 0 Å². The Morgan fingerprint density at radius 1 is 1.42 bits per heavy atom. The zero-order valence-electron chi connectivity index (χ0n) is 7.29. The minimum Gasteiger partial charge on any atom is -0.478 e. The van der Waals surface area contributed by atoms with Crippen molar-refractivity contribution in [2.75, 3.05) is 14.1 Å². The van der Waals surface area contributed by atoms with E-state index in [2.05, 4.69) is 5.43 Å². The van der Waals surface area contributed by atoms with Gasteiger partial charge >= 0.3 is 5.97 Å². The van der Waals surface area contributed by atoms with E-state index in [1.807, 2.05) is 0 Å². The first-order valence-electron chi connectivity index (χ1n) is 3.33. The van der Waals surface area contributed by atoms with Gasteiger partial charge in [0.2, 0.25) is 0 Å². The molecule has 0 atom stereocenters. The molecule has 0 aromatic rings. The maximum absolute atomic E-state index is 10.9. The van der Waals surface area contributed by atoms with Gasteiger partial charge in [0.05, 0.1) is 0 Å². The number of hydrogen-bond acceptors (Lipinski definition) is 3. The molecule has 0 saturated carbocycles. The number of carboxylic acid groups (broad SMARTS) is 1. The lowest BCUT2D eigenvalue weighted by Gasteiger charge is -2.09. The number of carbonyl (C=O) groups is 2. The van der Waals surface area contributed by atoms with Gasteiger partial charge in [-0.1, -0.05) is 0 Å². The van der Waals surface area contributed by atoms with E-state index in [1.54, 1.807) is 14.1 Å². The largest absolute Gasteiger partial charge is 0.478 e. The summed E-state index contributed by atoms with van der Waals surface area (Å²) in [6, 6.07) is 0. The molecular weight excluding hydrogens is 160 g/mol. The summed E-state index contributed by atoms with van der Waals surface area (Å²) in [6.45, 7) is 1.36. The molecule has 2 N–H and O–H groups in total. The van der Waals surface area contributed by atoms with E-state index in [4.69, 9.17) is 5.11 Å². The van der Waals surface area contributed by atoms with Gasteiger partial charge in [-0.05, 0) is 6.92 Å². The van der Waals surface area contributed by atoms with E-state index >= 15 is 0 Å². The lowest BCUT2D eigenvalue weighted by Crippen LogP contribution is -2.35. The van der Waals surface area contributed by atoms with Crippen LogP contribution in [0.4, 0.5) is 0 Å². The molecule has 0 spiro atoms. The lowest BCUT2D eigenvalue weighted by molar-refractivity contribution is -0.133. The number of hydrogen-bond donors (Lipinski definition) is 2. The summed E-state index contributed by atoms with van der Waals surface area (Å²) in [4.78, 5) is 21.1. The molecule has 5 nitrogen and oxygen atoms in total. The van der Waals surface area contributed by atoms with E-state index in [-0.39, 0.29) is 5.57 Å². The summed E-state index contributed by atoms with van der Waals surface area (Å²) < 4.78 is 0. The van der Waals surface area contributed by atoms with E-state index < -0.39 is 11.9 Å². The molecule has 5 heteroatoms. The van der Waals surface area contributed by atoms with Gasteiger partial charge in [0, 0.05) is 25.7 Å². The quantitative estimate of drug-likeness (QED) is 0.449. The molecule has 0 bridgehead atoms. The van der Waals surface area contributed by atoms with Crippen molar-refractivity contribution in [2.24, 2.45) is 0 Å². The molecule has 0 radical (unpaired) electrons. The molecule has 0 rings (SSSR count). The van der Waals surface area contributed by atoms with Crippen molar-refractivity contribution >= 4 is 11.9 Å². The van der Waals surface area contributed by atoms with Crippen LogP contribution in [-0.2, 0) is 9.59 Å². The van der Waals surface area contributed by atoms with Crippen LogP contribution < -0.4 is 5.43 Å². The third-order valence-corrected chi connectivity index (χ3v) is 1.02. The van der Waals surface area contributed by atoms with E-state index in [0.717, 1.165) is 6.08 Å². The lowest BCUT2D eigenvalue weighted by atomic mass is 10.3. The molecule has 0 aliphatic heterocycles. The number of carbonyl (C=O) groups excluding carboxylic acids is 1. The third kappa shape index (κ3) is 4.45. The summed E-state index contributed by atoms with van der Waals surface area (Å²) >= 11 is 0.